The summed E-state index contributed by atoms with van der Waals surface area (Å²) in [5.74, 6) is -0.181. The minimum Gasteiger partial charge on any atom is -0.314 e. The van der Waals surface area contributed by atoms with Gasteiger partial charge in [0.25, 0.3) is 0 Å². The summed E-state index contributed by atoms with van der Waals surface area (Å²) in [5, 5.41) is 10.0. The zero-order valence-corrected chi connectivity index (χ0v) is 8.13. The highest BCUT2D eigenvalue weighted by molar-refractivity contribution is 5.32. The van der Waals surface area contributed by atoms with E-state index in [1.54, 1.807) is 19.9 Å². The average Bonchev–Trinajstić information content (AvgIpc) is 2.06. The average molecular weight is 183 g/mol. The molecule has 1 aromatic carbocycles. The first-order chi connectivity index (χ1) is 6.02. The minimum atomic E-state index is -0.181. The van der Waals surface area contributed by atoms with Crippen LogP contribution in [0.5, 0.6) is 0 Å². The zero-order valence-electron chi connectivity index (χ0n) is 8.13. The first-order valence-corrected chi connectivity index (χ1v) is 4.17. The van der Waals surface area contributed by atoms with Crippen molar-refractivity contribution in [2.75, 3.05) is 7.05 Å². The number of hydrogen-bond donors (Lipinski definition) is 1. The van der Waals surface area contributed by atoms with Crippen LogP contribution in [0.3, 0.4) is 0 Å². The first-order valence-electron chi connectivity index (χ1n) is 4.17. The summed E-state index contributed by atoms with van der Waals surface area (Å²) in [5.41, 5.74) is 2.07. The van der Waals surface area contributed by atoms with Gasteiger partial charge in [0.15, 0.2) is 0 Å². The predicted molar refractivity (Wildman–Crippen MR) is 49.1 cm³/mol. The van der Waals surface area contributed by atoms with E-state index in [2.05, 4.69) is 0 Å². The molecule has 3 heteroatoms. The van der Waals surface area contributed by atoms with Gasteiger partial charge in [0.2, 0.25) is 0 Å². The lowest BCUT2D eigenvalue weighted by Gasteiger charge is -2.12. The van der Waals surface area contributed by atoms with Gasteiger partial charge in [-0.1, -0.05) is 12.1 Å². The Kier molecular flexibility index (Phi) is 3.01. The van der Waals surface area contributed by atoms with E-state index in [4.69, 9.17) is 5.21 Å². The summed E-state index contributed by atoms with van der Waals surface area (Å²) in [6.07, 6.45) is 0. The minimum absolute atomic E-state index is 0.181. The van der Waals surface area contributed by atoms with E-state index in [1.165, 1.54) is 7.05 Å². The second kappa shape index (κ2) is 3.85. The SMILES string of the molecule is Cc1ccc(CN(C)O)c(C)c1F. The Labute approximate surface area is 77.6 Å². The second-order valence-corrected chi connectivity index (χ2v) is 3.30. The van der Waals surface area contributed by atoms with Crippen LogP contribution in [-0.2, 0) is 6.54 Å². The number of hydroxylamine groups is 2. The van der Waals surface area contributed by atoms with Crippen molar-refractivity contribution in [2.24, 2.45) is 0 Å². The third-order valence-corrected chi connectivity index (χ3v) is 2.09. The summed E-state index contributed by atoms with van der Waals surface area (Å²) in [4.78, 5) is 0. The van der Waals surface area contributed by atoms with Crippen LogP contribution in [0.15, 0.2) is 12.1 Å². The maximum absolute atomic E-state index is 13.3. The van der Waals surface area contributed by atoms with Gasteiger partial charge in [-0.25, -0.2) is 4.39 Å². The zero-order chi connectivity index (χ0) is 10.0. The molecule has 2 nitrogen and oxygen atoms in total. The monoisotopic (exact) mass is 183 g/mol. The largest absolute Gasteiger partial charge is 0.314 e. The highest BCUT2D eigenvalue weighted by atomic mass is 19.1. The number of nitrogens with zero attached hydrogens (tertiary/aromatic N) is 1. The summed E-state index contributed by atoms with van der Waals surface area (Å²) >= 11 is 0. The standard InChI is InChI=1S/C10H14FNO/c1-7-4-5-9(6-12(3)13)8(2)10(7)11/h4-5,13H,6H2,1-3H3. The van der Waals surface area contributed by atoms with E-state index >= 15 is 0 Å². The molecule has 0 saturated carbocycles. The fourth-order valence-corrected chi connectivity index (χ4v) is 1.28. The number of halogens is 1. The summed E-state index contributed by atoms with van der Waals surface area (Å²) in [6, 6.07) is 3.56. The number of aryl methyl sites for hydroxylation is 1. The quantitative estimate of drug-likeness (QED) is 0.711. The van der Waals surface area contributed by atoms with Crippen LogP contribution in [0.25, 0.3) is 0 Å². The molecular formula is C10H14FNO. The van der Waals surface area contributed by atoms with Crippen LogP contribution in [0.1, 0.15) is 16.7 Å². The molecule has 1 rings (SSSR count). The molecule has 0 fully saturated rings. The summed E-state index contributed by atoms with van der Waals surface area (Å²) in [7, 11) is 1.54. The Morgan fingerprint density at radius 3 is 2.54 bits per heavy atom. The van der Waals surface area contributed by atoms with E-state index in [-0.39, 0.29) is 5.82 Å². The van der Waals surface area contributed by atoms with E-state index in [0.717, 1.165) is 10.6 Å². The second-order valence-electron chi connectivity index (χ2n) is 3.30. The van der Waals surface area contributed by atoms with Gasteiger partial charge in [-0.05, 0) is 30.5 Å². The van der Waals surface area contributed by atoms with Crippen molar-refractivity contribution in [3.63, 3.8) is 0 Å². The molecular weight excluding hydrogens is 169 g/mol. The first kappa shape index (κ1) is 10.2. The van der Waals surface area contributed by atoms with Crippen LogP contribution in [0.2, 0.25) is 0 Å². The van der Waals surface area contributed by atoms with Gasteiger partial charge < -0.3 is 5.21 Å². The maximum atomic E-state index is 13.3. The molecule has 72 valence electrons. The van der Waals surface area contributed by atoms with Crippen LogP contribution in [-0.4, -0.2) is 17.3 Å². The molecule has 0 unspecified atom stereocenters. The van der Waals surface area contributed by atoms with Crippen molar-refractivity contribution in [1.82, 2.24) is 5.06 Å². The van der Waals surface area contributed by atoms with E-state index in [9.17, 15) is 4.39 Å². The predicted octanol–water partition coefficient (Wildman–Crippen LogP) is 2.26. The van der Waals surface area contributed by atoms with E-state index in [0.29, 0.717) is 17.7 Å². The van der Waals surface area contributed by atoms with Crippen LogP contribution >= 0.6 is 0 Å². The number of benzene rings is 1. The molecule has 0 spiro atoms. The summed E-state index contributed by atoms with van der Waals surface area (Å²) < 4.78 is 13.3. The van der Waals surface area contributed by atoms with Crippen molar-refractivity contribution in [3.8, 4) is 0 Å². The molecule has 0 aliphatic rings. The number of rotatable bonds is 2. The molecule has 1 aromatic rings. The van der Waals surface area contributed by atoms with Crippen molar-refractivity contribution >= 4 is 0 Å². The molecule has 0 atom stereocenters. The molecule has 0 aliphatic heterocycles. The highest BCUT2D eigenvalue weighted by Crippen LogP contribution is 2.16. The van der Waals surface area contributed by atoms with Gasteiger partial charge in [-0.3, -0.25) is 0 Å². The molecule has 0 radical (unpaired) electrons. The Hall–Kier alpha value is -0.930. The maximum Gasteiger partial charge on any atom is 0.129 e. The molecule has 0 aromatic heterocycles. The lowest BCUT2D eigenvalue weighted by atomic mass is 10.0. The Balaban J connectivity index is 3.04. The smallest absolute Gasteiger partial charge is 0.129 e. The van der Waals surface area contributed by atoms with Gasteiger partial charge >= 0.3 is 0 Å². The van der Waals surface area contributed by atoms with Crippen molar-refractivity contribution < 1.29 is 9.60 Å². The van der Waals surface area contributed by atoms with E-state index < -0.39 is 0 Å². The Morgan fingerprint density at radius 1 is 1.38 bits per heavy atom. The van der Waals surface area contributed by atoms with Gasteiger partial charge in [0, 0.05) is 13.6 Å². The van der Waals surface area contributed by atoms with Gasteiger partial charge in [0.05, 0.1) is 0 Å². The Bertz CT molecular complexity index is 310. The van der Waals surface area contributed by atoms with Gasteiger partial charge in [-0.2, -0.15) is 5.06 Å². The van der Waals surface area contributed by atoms with Crippen molar-refractivity contribution in [1.29, 1.82) is 0 Å². The topological polar surface area (TPSA) is 23.5 Å². The lowest BCUT2D eigenvalue weighted by Crippen LogP contribution is -2.13. The van der Waals surface area contributed by atoms with Gasteiger partial charge in [-0.15, -0.1) is 0 Å². The normalized spacial score (nSPS) is 10.9. The lowest BCUT2D eigenvalue weighted by molar-refractivity contribution is -0.0733. The van der Waals surface area contributed by atoms with Crippen LogP contribution in [0, 0.1) is 19.7 Å². The van der Waals surface area contributed by atoms with Crippen molar-refractivity contribution in [2.45, 2.75) is 20.4 Å². The van der Waals surface area contributed by atoms with Crippen LogP contribution in [0.4, 0.5) is 4.39 Å². The molecule has 1 N–H and O–H groups in total. The van der Waals surface area contributed by atoms with Crippen LogP contribution < -0.4 is 0 Å². The fourth-order valence-electron chi connectivity index (χ4n) is 1.28. The van der Waals surface area contributed by atoms with E-state index in [1.807, 2.05) is 6.07 Å². The third kappa shape index (κ3) is 2.26. The Morgan fingerprint density at radius 2 is 2.00 bits per heavy atom. The fraction of sp³-hybridized carbons (Fsp3) is 0.400. The highest BCUT2D eigenvalue weighted by Gasteiger charge is 2.07. The molecule has 0 aliphatic carbocycles. The molecule has 0 heterocycles. The molecule has 0 bridgehead atoms. The molecule has 0 saturated heterocycles. The van der Waals surface area contributed by atoms with Gasteiger partial charge in [0.1, 0.15) is 5.82 Å². The third-order valence-electron chi connectivity index (χ3n) is 2.09. The number of hydrogen-bond acceptors (Lipinski definition) is 2. The molecule has 13 heavy (non-hydrogen) atoms. The summed E-state index contributed by atoms with van der Waals surface area (Å²) in [6.45, 7) is 3.80. The van der Waals surface area contributed by atoms with Crippen molar-refractivity contribution in [3.05, 3.63) is 34.6 Å². The molecule has 0 amide bonds.